The number of fused-ring (bicyclic) bond motifs is 1. The first-order chi connectivity index (χ1) is 7.84. The second kappa shape index (κ2) is 3.94. The van der Waals surface area contributed by atoms with Crippen LogP contribution in [0.3, 0.4) is 0 Å². The molecule has 1 aromatic rings. The monoisotopic (exact) mass is 222 g/mol. The lowest BCUT2D eigenvalue weighted by atomic mass is 10.1. The molecule has 0 unspecified atom stereocenters. The Kier molecular flexibility index (Phi) is 2.44. The van der Waals surface area contributed by atoms with E-state index in [1.807, 2.05) is 0 Å². The molecule has 4 heteroatoms. The van der Waals surface area contributed by atoms with Gasteiger partial charge in [0.05, 0.1) is 12.3 Å². The molecule has 1 aromatic carbocycles. The van der Waals surface area contributed by atoms with E-state index < -0.39 is 0 Å². The number of halogens is 1. The Bertz CT molecular complexity index is 402. The van der Waals surface area contributed by atoms with Crippen LogP contribution in [0.5, 0.6) is 5.75 Å². The maximum absolute atomic E-state index is 13.5. The Morgan fingerprint density at radius 1 is 1.25 bits per heavy atom. The van der Waals surface area contributed by atoms with Crippen molar-refractivity contribution in [3.63, 3.8) is 0 Å². The van der Waals surface area contributed by atoms with E-state index in [1.165, 1.54) is 0 Å². The Hall–Kier alpha value is -1.29. The Morgan fingerprint density at radius 2 is 2.06 bits per heavy atom. The average Bonchev–Trinajstić information content (AvgIpc) is 2.77. The van der Waals surface area contributed by atoms with Gasteiger partial charge in [0.1, 0.15) is 11.6 Å². The van der Waals surface area contributed by atoms with Crippen LogP contribution in [0.1, 0.15) is 5.56 Å². The van der Waals surface area contributed by atoms with Gasteiger partial charge in [-0.15, -0.1) is 0 Å². The van der Waals surface area contributed by atoms with Gasteiger partial charge in [0.15, 0.2) is 0 Å². The van der Waals surface area contributed by atoms with Crippen LogP contribution in [0.15, 0.2) is 12.1 Å². The van der Waals surface area contributed by atoms with Gasteiger partial charge in [-0.05, 0) is 6.07 Å². The molecule has 3 rings (SSSR count). The number of piperazine rings is 1. The molecule has 0 amide bonds. The molecule has 0 atom stereocenters. The molecule has 0 radical (unpaired) electrons. The molecule has 1 N–H and O–H groups in total. The van der Waals surface area contributed by atoms with E-state index in [-0.39, 0.29) is 5.82 Å². The third-order valence-electron chi connectivity index (χ3n) is 3.19. The van der Waals surface area contributed by atoms with Crippen LogP contribution in [0.2, 0.25) is 0 Å². The third-order valence-corrected chi connectivity index (χ3v) is 3.19. The van der Waals surface area contributed by atoms with Crippen molar-refractivity contribution >= 4 is 5.69 Å². The topological polar surface area (TPSA) is 24.5 Å². The predicted octanol–water partition coefficient (Wildman–Crippen LogP) is 1.17. The van der Waals surface area contributed by atoms with Gasteiger partial charge in [0, 0.05) is 44.2 Å². The molecule has 0 aromatic heterocycles. The standard InChI is InChI=1S/C12H15FN2O/c13-10-7-9-1-6-16-12(9)11(8-10)15-4-2-14-3-5-15/h7-8,14H,1-6H2. The van der Waals surface area contributed by atoms with Crippen LogP contribution in [0.25, 0.3) is 0 Å². The van der Waals surface area contributed by atoms with E-state index in [2.05, 4.69) is 10.2 Å². The van der Waals surface area contributed by atoms with Gasteiger partial charge in [0.25, 0.3) is 0 Å². The summed E-state index contributed by atoms with van der Waals surface area (Å²) < 4.78 is 19.1. The van der Waals surface area contributed by atoms with Crippen LogP contribution < -0.4 is 15.0 Å². The van der Waals surface area contributed by atoms with Gasteiger partial charge in [-0.3, -0.25) is 0 Å². The summed E-state index contributed by atoms with van der Waals surface area (Å²) in [6, 6.07) is 3.18. The smallest absolute Gasteiger partial charge is 0.146 e. The van der Waals surface area contributed by atoms with Crippen molar-refractivity contribution in [3.8, 4) is 5.75 Å². The van der Waals surface area contributed by atoms with Gasteiger partial charge in [-0.2, -0.15) is 0 Å². The number of benzene rings is 1. The first kappa shape index (κ1) is 9.90. The number of hydrogen-bond donors (Lipinski definition) is 1. The molecule has 1 fully saturated rings. The Morgan fingerprint density at radius 3 is 2.88 bits per heavy atom. The Labute approximate surface area is 94.2 Å². The van der Waals surface area contributed by atoms with E-state index in [9.17, 15) is 4.39 Å². The van der Waals surface area contributed by atoms with Crippen LogP contribution in [-0.2, 0) is 6.42 Å². The zero-order valence-corrected chi connectivity index (χ0v) is 9.13. The SMILES string of the molecule is Fc1cc2c(c(N3CCNCC3)c1)OCC2. The minimum atomic E-state index is -0.155. The molecule has 16 heavy (non-hydrogen) atoms. The molecule has 0 aliphatic carbocycles. The van der Waals surface area contributed by atoms with E-state index in [0.717, 1.165) is 49.6 Å². The molecule has 0 bridgehead atoms. The molecular formula is C12H15FN2O. The molecule has 3 nitrogen and oxygen atoms in total. The Balaban J connectivity index is 1.99. The number of hydrogen-bond acceptors (Lipinski definition) is 3. The first-order valence-corrected chi connectivity index (χ1v) is 5.75. The number of nitrogens with one attached hydrogen (secondary N) is 1. The predicted molar refractivity (Wildman–Crippen MR) is 60.7 cm³/mol. The lowest BCUT2D eigenvalue weighted by molar-refractivity contribution is 0.356. The summed E-state index contributed by atoms with van der Waals surface area (Å²) in [4.78, 5) is 2.20. The van der Waals surface area contributed by atoms with E-state index in [4.69, 9.17) is 4.74 Å². The van der Waals surface area contributed by atoms with Crippen molar-refractivity contribution < 1.29 is 9.13 Å². The zero-order chi connectivity index (χ0) is 11.0. The first-order valence-electron chi connectivity index (χ1n) is 5.75. The summed E-state index contributed by atoms with van der Waals surface area (Å²) in [6.45, 7) is 4.41. The lowest BCUT2D eigenvalue weighted by Crippen LogP contribution is -2.43. The quantitative estimate of drug-likeness (QED) is 0.772. The number of nitrogens with zero attached hydrogens (tertiary/aromatic N) is 1. The van der Waals surface area contributed by atoms with E-state index in [1.54, 1.807) is 12.1 Å². The van der Waals surface area contributed by atoms with E-state index >= 15 is 0 Å². The van der Waals surface area contributed by atoms with Crippen LogP contribution in [0.4, 0.5) is 10.1 Å². The number of anilines is 1. The fourth-order valence-electron chi connectivity index (χ4n) is 2.39. The van der Waals surface area contributed by atoms with Crippen LogP contribution in [0, 0.1) is 5.82 Å². The molecule has 2 heterocycles. The zero-order valence-electron chi connectivity index (χ0n) is 9.13. The summed E-state index contributed by atoms with van der Waals surface area (Å²) in [6.07, 6.45) is 0.826. The molecule has 0 saturated carbocycles. The second-order valence-electron chi connectivity index (χ2n) is 4.25. The minimum absolute atomic E-state index is 0.155. The molecule has 2 aliphatic rings. The molecular weight excluding hydrogens is 207 g/mol. The van der Waals surface area contributed by atoms with Crippen molar-refractivity contribution in [2.24, 2.45) is 0 Å². The van der Waals surface area contributed by atoms with E-state index in [0.29, 0.717) is 6.61 Å². The fourth-order valence-corrected chi connectivity index (χ4v) is 2.39. The molecule has 0 spiro atoms. The number of rotatable bonds is 1. The van der Waals surface area contributed by atoms with Crippen LogP contribution in [-0.4, -0.2) is 32.8 Å². The van der Waals surface area contributed by atoms with Crippen molar-refractivity contribution in [1.29, 1.82) is 0 Å². The van der Waals surface area contributed by atoms with Crippen molar-refractivity contribution in [2.75, 3.05) is 37.7 Å². The molecule has 86 valence electrons. The summed E-state index contributed by atoms with van der Waals surface area (Å²) in [7, 11) is 0. The van der Waals surface area contributed by atoms with Gasteiger partial charge >= 0.3 is 0 Å². The highest BCUT2D eigenvalue weighted by molar-refractivity contribution is 5.63. The van der Waals surface area contributed by atoms with Gasteiger partial charge < -0.3 is 15.0 Å². The maximum Gasteiger partial charge on any atom is 0.146 e. The number of ether oxygens (including phenoxy) is 1. The average molecular weight is 222 g/mol. The van der Waals surface area contributed by atoms with Crippen molar-refractivity contribution in [2.45, 2.75) is 6.42 Å². The normalized spacial score (nSPS) is 19.4. The highest BCUT2D eigenvalue weighted by Gasteiger charge is 2.22. The van der Waals surface area contributed by atoms with Gasteiger partial charge in [-0.25, -0.2) is 4.39 Å². The summed E-state index contributed by atoms with van der Waals surface area (Å²) in [5, 5.41) is 3.29. The molecule has 1 saturated heterocycles. The summed E-state index contributed by atoms with van der Waals surface area (Å²) >= 11 is 0. The van der Waals surface area contributed by atoms with Crippen LogP contribution >= 0.6 is 0 Å². The fraction of sp³-hybridized carbons (Fsp3) is 0.500. The maximum atomic E-state index is 13.5. The second-order valence-corrected chi connectivity index (χ2v) is 4.25. The van der Waals surface area contributed by atoms with Crippen molar-refractivity contribution in [1.82, 2.24) is 5.32 Å². The highest BCUT2D eigenvalue weighted by Crippen LogP contribution is 2.37. The third kappa shape index (κ3) is 1.63. The summed E-state index contributed by atoms with van der Waals surface area (Å²) in [5.74, 6) is 0.737. The lowest BCUT2D eigenvalue weighted by Gasteiger charge is -2.30. The minimum Gasteiger partial charge on any atom is -0.491 e. The highest BCUT2D eigenvalue weighted by atomic mass is 19.1. The van der Waals surface area contributed by atoms with Crippen molar-refractivity contribution in [3.05, 3.63) is 23.5 Å². The van der Waals surface area contributed by atoms with Gasteiger partial charge in [0.2, 0.25) is 0 Å². The summed E-state index contributed by atoms with van der Waals surface area (Å²) in [5.41, 5.74) is 1.93. The van der Waals surface area contributed by atoms with Gasteiger partial charge in [-0.1, -0.05) is 0 Å². The largest absolute Gasteiger partial charge is 0.491 e. The molecule has 2 aliphatic heterocycles.